The first-order valence-corrected chi connectivity index (χ1v) is 7.20. The van der Waals surface area contributed by atoms with Gasteiger partial charge in [-0.3, -0.25) is 4.79 Å². The summed E-state index contributed by atoms with van der Waals surface area (Å²) < 4.78 is 1.12. The monoisotopic (exact) mass is 332 g/mol. The highest BCUT2D eigenvalue weighted by atomic mass is 79.9. The molecule has 104 valence electrons. The maximum atomic E-state index is 11.4. The van der Waals surface area contributed by atoms with E-state index in [4.69, 9.17) is 0 Å². The van der Waals surface area contributed by atoms with Crippen LogP contribution in [0.1, 0.15) is 21.5 Å². The van der Waals surface area contributed by atoms with Crippen LogP contribution in [0.2, 0.25) is 0 Å². The average Bonchev–Trinajstić information content (AvgIpc) is 2.48. The summed E-state index contributed by atoms with van der Waals surface area (Å²) in [6, 6.07) is 13.7. The van der Waals surface area contributed by atoms with Crippen LogP contribution in [0, 0.1) is 6.92 Å². The number of aryl methyl sites for hydroxylation is 1. The molecule has 0 saturated carbocycles. The molecule has 0 saturated heterocycles. The van der Waals surface area contributed by atoms with Gasteiger partial charge in [0, 0.05) is 29.3 Å². The third-order valence-corrected chi connectivity index (χ3v) is 3.98. The summed E-state index contributed by atoms with van der Waals surface area (Å²) >= 11 is 3.50. The van der Waals surface area contributed by atoms with Gasteiger partial charge in [0.25, 0.3) is 5.91 Å². The molecule has 1 amide bonds. The maximum absolute atomic E-state index is 11.4. The molecule has 2 aromatic carbocycles. The number of halogens is 1. The van der Waals surface area contributed by atoms with E-state index < -0.39 is 0 Å². The fourth-order valence-electron chi connectivity index (χ4n) is 1.90. The van der Waals surface area contributed by atoms with Crippen molar-refractivity contribution in [3.63, 3.8) is 0 Å². The number of hydrogen-bond donors (Lipinski definition) is 2. The van der Waals surface area contributed by atoms with Gasteiger partial charge in [-0.2, -0.15) is 0 Å². The van der Waals surface area contributed by atoms with E-state index in [-0.39, 0.29) is 5.91 Å². The highest BCUT2D eigenvalue weighted by molar-refractivity contribution is 9.10. The molecule has 0 atom stereocenters. The Labute approximate surface area is 127 Å². The highest BCUT2D eigenvalue weighted by Gasteiger charge is 2.02. The average molecular weight is 333 g/mol. The molecule has 2 N–H and O–H groups in total. The first-order chi connectivity index (χ1) is 9.60. The SMILES string of the molecule is CNC(=O)c1ccc(NCc2ccc(Br)c(C)c2)cc1. The van der Waals surface area contributed by atoms with E-state index in [0.717, 1.165) is 16.7 Å². The number of anilines is 1. The summed E-state index contributed by atoms with van der Waals surface area (Å²) in [4.78, 5) is 11.4. The molecular weight excluding hydrogens is 316 g/mol. The van der Waals surface area contributed by atoms with E-state index in [1.165, 1.54) is 11.1 Å². The third kappa shape index (κ3) is 3.61. The second-order valence-electron chi connectivity index (χ2n) is 4.59. The van der Waals surface area contributed by atoms with Gasteiger partial charge in [0.2, 0.25) is 0 Å². The zero-order valence-corrected chi connectivity index (χ0v) is 13.1. The first-order valence-electron chi connectivity index (χ1n) is 6.41. The van der Waals surface area contributed by atoms with Gasteiger partial charge in [-0.05, 0) is 48.4 Å². The molecule has 0 heterocycles. The van der Waals surface area contributed by atoms with Crippen molar-refractivity contribution in [1.29, 1.82) is 0 Å². The van der Waals surface area contributed by atoms with Gasteiger partial charge >= 0.3 is 0 Å². The van der Waals surface area contributed by atoms with E-state index in [1.807, 2.05) is 24.3 Å². The van der Waals surface area contributed by atoms with Gasteiger partial charge in [0.1, 0.15) is 0 Å². The number of benzene rings is 2. The summed E-state index contributed by atoms with van der Waals surface area (Å²) in [7, 11) is 1.63. The largest absolute Gasteiger partial charge is 0.381 e. The Kier molecular flexibility index (Phi) is 4.79. The Morgan fingerprint density at radius 1 is 1.15 bits per heavy atom. The molecule has 0 unspecified atom stereocenters. The van der Waals surface area contributed by atoms with Crippen LogP contribution in [0.3, 0.4) is 0 Å². The molecule has 0 bridgehead atoms. The van der Waals surface area contributed by atoms with Gasteiger partial charge in [0.15, 0.2) is 0 Å². The predicted molar refractivity (Wildman–Crippen MR) is 86.0 cm³/mol. The molecule has 0 aliphatic carbocycles. The van der Waals surface area contributed by atoms with Crippen LogP contribution in [-0.2, 0) is 6.54 Å². The predicted octanol–water partition coefficient (Wildman–Crippen LogP) is 3.73. The second kappa shape index (κ2) is 6.57. The van der Waals surface area contributed by atoms with Crippen molar-refractivity contribution >= 4 is 27.5 Å². The molecule has 4 heteroatoms. The minimum atomic E-state index is -0.0694. The van der Waals surface area contributed by atoms with Crippen LogP contribution in [0.4, 0.5) is 5.69 Å². The third-order valence-electron chi connectivity index (χ3n) is 3.09. The number of rotatable bonds is 4. The zero-order chi connectivity index (χ0) is 14.5. The normalized spacial score (nSPS) is 10.2. The summed E-state index contributed by atoms with van der Waals surface area (Å²) in [6.07, 6.45) is 0. The lowest BCUT2D eigenvalue weighted by molar-refractivity contribution is 0.0963. The summed E-state index contributed by atoms with van der Waals surface area (Å²) in [5, 5.41) is 5.95. The summed E-state index contributed by atoms with van der Waals surface area (Å²) in [5.74, 6) is -0.0694. The van der Waals surface area contributed by atoms with Gasteiger partial charge in [-0.15, -0.1) is 0 Å². The minimum Gasteiger partial charge on any atom is -0.381 e. The van der Waals surface area contributed by atoms with E-state index >= 15 is 0 Å². The summed E-state index contributed by atoms with van der Waals surface area (Å²) in [6.45, 7) is 2.83. The molecule has 0 aromatic heterocycles. The lowest BCUT2D eigenvalue weighted by Gasteiger charge is -2.09. The molecule has 0 fully saturated rings. The number of nitrogens with one attached hydrogen (secondary N) is 2. The van der Waals surface area contributed by atoms with Crippen molar-refractivity contribution in [2.75, 3.05) is 12.4 Å². The lowest BCUT2D eigenvalue weighted by Crippen LogP contribution is -2.17. The molecule has 2 aromatic rings. The van der Waals surface area contributed by atoms with Crippen LogP contribution in [0.5, 0.6) is 0 Å². The molecule has 3 nitrogen and oxygen atoms in total. The quantitative estimate of drug-likeness (QED) is 0.895. The first kappa shape index (κ1) is 14.6. The van der Waals surface area contributed by atoms with Crippen molar-refractivity contribution in [2.45, 2.75) is 13.5 Å². The molecule has 0 aliphatic heterocycles. The molecule has 0 spiro atoms. The van der Waals surface area contributed by atoms with Crippen molar-refractivity contribution in [2.24, 2.45) is 0 Å². The number of carbonyl (C=O) groups excluding carboxylic acids is 1. The van der Waals surface area contributed by atoms with Crippen LogP contribution in [0.25, 0.3) is 0 Å². The van der Waals surface area contributed by atoms with Gasteiger partial charge in [-0.1, -0.05) is 28.1 Å². The smallest absolute Gasteiger partial charge is 0.251 e. The molecule has 0 radical (unpaired) electrons. The van der Waals surface area contributed by atoms with Gasteiger partial charge in [-0.25, -0.2) is 0 Å². The number of amides is 1. The molecule has 20 heavy (non-hydrogen) atoms. The van der Waals surface area contributed by atoms with Crippen molar-refractivity contribution in [1.82, 2.24) is 5.32 Å². The van der Waals surface area contributed by atoms with E-state index in [0.29, 0.717) is 5.56 Å². The second-order valence-corrected chi connectivity index (χ2v) is 5.45. The Morgan fingerprint density at radius 2 is 1.85 bits per heavy atom. The van der Waals surface area contributed by atoms with Gasteiger partial charge in [0.05, 0.1) is 0 Å². The van der Waals surface area contributed by atoms with Crippen LogP contribution in [-0.4, -0.2) is 13.0 Å². The van der Waals surface area contributed by atoms with Crippen molar-refractivity contribution in [3.8, 4) is 0 Å². The van der Waals surface area contributed by atoms with E-state index in [9.17, 15) is 4.79 Å². The fraction of sp³-hybridized carbons (Fsp3) is 0.188. The Balaban J connectivity index is 2.00. The number of hydrogen-bond acceptors (Lipinski definition) is 2. The zero-order valence-electron chi connectivity index (χ0n) is 11.5. The molecule has 0 aliphatic rings. The van der Waals surface area contributed by atoms with Crippen molar-refractivity contribution in [3.05, 3.63) is 63.6 Å². The van der Waals surface area contributed by atoms with Crippen LogP contribution in [0.15, 0.2) is 46.9 Å². The topological polar surface area (TPSA) is 41.1 Å². The van der Waals surface area contributed by atoms with Crippen LogP contribution < -0.4 is 10.6 Å². The van der Waals surface area contributed by atoms with E-state index in [1.54, 1.807) is 7.05 Å². The lowest BCUT2D eigenvalue weighted by atomic mass is 10.1. The van der Waals surface area contributed by atoms with E-state index in [2.05, 4.69) is 51.7 Å². The standard InChI is InChI=1S/C16H17BrN2O/c1-11-9-12(3-8-15(11)17)10-19-14-6-4-13(5-7-14)16(20)18-2/h3-9,19H,10H2,1-2H3,(H,18,20). The number of carbonyl (C=O) groups is 1. The summed E-state index contributed by atoms with van der Waals surface area (Å²) in [5.41, 5.74) is 4.11. The van der Waals surface area contributed by atoms with Crippen molar-refractivity contribution < 1.29 is 4.79 Å². The molecular formula is C16H17BrN2O. The Morgan fingerprint density at radius 3 is 2.45 bits per heavy atom. The minimum absolute atomic E-state index is 0.0694. The van der Waals surface area contributed by atoms with Gasteiger partial charge < -0.3 is 10.6 Å². The Bertz CT molecular complexity index is 608. The molecule has 2 rings (SSSR count). The highest BCUT2D eigenvalue weighted by Crippen LogP contribution is 2.18. The Hall–Kier alpha value is -1.81. The maximum Gasteiger partial charge on any atom is 0.251 e. The van der Waals surface area contributed by atoms with Crippen LogP contribution >= 0.6 is 15.9 Å². The fourth-order valence-corrected chi connectivity index (χ4v) is 2.15.